The maximum absolute atomic E-state index is 13.1. The Hall–Kier alpha value is -2.63. The van der Waals surface area contributed by atoms with E-state index in [1.54, 1.807) is 4.90 Å². The smallest absolute Gasteiger partial charge is 0.416 e. The fraction of sp³-hybridized carbons (Fsp3) is 0.458. The van der Waals surface area contributed by atoms with Crippen molar-refractivity contribution in [1.29, 1.82) is 0 Å². The molecular formula is C24H26F6N2O3. The van der Waals surface area contributed by atoms with Gasteiger partial charge in [-0.25, -0.2) is 0 Å². The van der Waals surface area contributed by atoms with Gasteiger partial charge in [-0.3, -0.25) is 14.6 Å². The first-order valence-corrected chi connectivity index (χ1v) is 10.9. The number of ether oxygens (including phenoxy) is 1. The molecule has 1 fully saturated rings. The lowest BCUT2D eigenvalue weighted by molar-refractivity contribution is -0.143. The van der Waals surface area contributed by atoms with E-state index < -0.39 is 36.1 Å². The summed E-state index contributed by atoms with van der Waals surface area (Å²) in [6.45, 7) is 3.57. The lowest BCUT2D eigenvalue weighted by atomic mass is 10.0. The molecule has 0 saturated carbocycles. The van der Waals surface area contributed by atoms with Gasteiger partial charge in [0.1, 0.15) is 0 Å². The molecule has 1 N–H and O–H groups in total. The normalized spacial score (nSPS) is 16.9. The predicted octanol–water partition coefficient (Wildman–Crippen LogP) is 4.99. The molecule has 192 valence electrons. The first-order chi connectivity index (χ1) is 16.3. The molecule has 2 aromatic rings. The summed E-state index contributed by atoms with van der Waals surface area (Å²) in [5, 5.41) is 8.99. The summed E-state index contributed by atoms with van der Waals surface area (Å²) in [5.41, 5.74) is -1.06. The minimum absolute atomic E-state index is 0.0413. The molecule has 0 aliphatic carbocycles. The van der Waals surface area contributed by atoms with Crippen molar-refractivity contribution in [2.45, 2.75) is 31.9 Å². The second kappa shape index (κ2) is 11.0. The van der Waals surface area contributed by atoms with Crippen LogP contribution in [-0.2, 0) is 28.5 Å². The zero-order valence-electron chi connectivity index (χ0n) is 19.0. The highest BCUT2D eigenvalue weighted by molar-refractivity contribution is 5.69. The Morgan fingerprint density at radius 1 is 0.943 bits per heavy atom. The summed E-state index contributed by atoms with van der Waals surface area (Å²) in [4.78, 5) is 14.8. The average Bonchev–Trinajstić information content (AvgIpc) is 2.76. The van der Waals surface area contributed by atoms with Crippen molar-refractivity contribution in [2.24, 2.45) is 0 Å². The number of hydrogen-bond donors (Lipinski definition) is 1. The van der Waals surface area contributed by atoms with Crippen molar-refractivity contribution in [3.8, 4) is 0 Å². The van der Waals surface area contributed by atoms with Gasteiger partial charge in [0.05, 0.1) is 36.9 Å². The third-order valence-corrected chi connectivity index (χ3v) is 5.86. The predicted molar refractivity (Wildman–Crippen MR) is 116 cm³/mol. The second-order valence-corrected chi connectivity index (χ2v) is 8.56. The number of rotatable bonds is 8. The Kier molecular flexibility index (Phi) is 8.45. The molecule has 5 nitrogen and oxygen atoms in total. The van der Waals surface area contributed by atoms with Crippen molar-refractivity contribution in [2.75, 3.05) is 39.3 Å². The molecule has 1 heterocycles. The van der Waals surface area contributed by atoms with Crippen LogP contribution in [0.25, 0.3) is 0 Å². The maximum Gasteiger partial charge on any atom is 0.416 e. The average molecular weight is 504 g/mol. The topological polar surface area (TPSA) is 53.0 Å². The molecule has 0 radical (unpaired) electrons. The molecule has 35 heavy (non-hydrogen) atoms. The van der Waals surface area contributed by atoms with Crippen LogP contribution < -0.4 is 0 Å². The van der Waals surface area contributed by atoms with E-state index in [1.165, 1.54) is 0 Å². The van der Waals surface area contributed by atoms with Crippen molar-refractivity contribution in [1.82, 2.24) is 9.80 Å². The number of carbonyl (C=O) groups is 1. The Labute approximate surface area is 198 Å². The van der Waals surface area contributed by atoms with Crippen molar-refractivity contribution in [3.05, 3.63) is 70.3 Å². The van der Waals surface area contributed by atoms with Crippen LogP contribution >= 0.6 is 0 Å². The minimum atomic E-state index is -4.92. The summed E-state index contributed by atoms with van der Waals surface area (Å²) in [6.07, 6.45) is -9.84. The van der Waals surface area contributed by atoms with Gasteiger partial charge in [0.15, 0.2) is 0 Å². The lowest BCUT2D eigenvalue weighted by Gasteiger charge is -2.39. The van der Waals surface area contributed by atoms with Crippen molar-refractivity contribution in [3.63, 3.8) is 0 Å². The Balaban J connectivity index is 1.75. The summed E-state index contributed by atoms with van der Waals surface area (Å²) in [5.74, 6) is -0.920. The molecule has 2 aromatic carbocycles. The summed E-state index contributed by atoms with van der Waals surface area (Å²) in [6, 6.07) is 8.75. The molecule has 0 bridgehead atoms. The van der Waals surface area contributed by atoms with Gasteiger partial charge in [-0.05, 0) is 36.2 Å². The van der Waals surface area contributed by atoms with Crippen LogP contribution in [0, 0.1) is 6.92 Å². The van der Waals surface area contributed by atoms with Crippen molar-refractivity contribution < 1.29 is 41.0 Å². The van der Waals surface area contributed by atoms with Gasteiger partial charge in [-0.1, -0.05) is 29.8 Å². The molecule has 1 saturated heterocycles. The number of carboxylic acids is 1. The third-order valence-electron chi connectivity index (χ3n) is 5.86. The first kappa shape index (κ1) is 27.0. The van der Waals surface area contributed by atoms with Crippen LogP contribution in [0.5, 0.6) is 0 Å². The monoisotopic (exact) mass is 504 g/mol. The SMILES string of the molecule is Cc1ccc(C(COCc2cc(C(F)(F)F)cc(C(F)(F)F)c2)N2CCN(CC(=O)O)CC2)cc1. The zero-order chi connectivity index (χ0) is 25.8. The van der Waals surface area contributed by atoms with Crippen LogP contribution in [0.1, 0.15) is 33.9 Å². The molecule has 1 aliphatic rings. The molecule has 1 unspecified atom stereocenters. The fourth-order valence-electron chi connectivity index (χ4n) is 4.02. The van der Waals surface area contributed by atoms with Gasteiger partial charge in [0, 0.05) is 26.2 Å². The quantitative estimate of drug-likeness (QED) is 0.514. The highest BCUT2D eigenvalue weighted by Gasteiger charge is 2.37. The van der Waals surface area contributed by atoms with Crippen LogP contribution in [0.4, 0.5) is 26.3 Å². The lowest BCUT2D eigenvalue weighted by Crippen LogP contribution is -2.49. The molecule has 0 aromatic heterocycles. The molecular weight excluding hydrogens is 478 g/mol. The van der Waals surface area contributed by atoms with Gasteiger partial charge >= 0.3 is 18.3 Å². The summed E-state index contributed by atoms with van der Waals surface area (Å²) < 4.78 is 84.5. The van der Waals surface area contributed by atoms with E-state index in [2.05, 4.69) is 4.90 Å². The first-order valence-electron chi connectivity index (χ1n) is 10.9. The van der Waals surface area contributed by atoms with Gasteiger partial charge in [-0.2, -0.15) is 26.3 Å². The van der Waals surface area contributed by atoms with Gasteiger partial charge in [0.2, 0.25) is 0 Å². The van der Waals surface area contributed by atoms with E-state index in [-0.39, 0.29) is 30.8 Å². The van der Waals surface area contributed by atoms with Gasteiger partial charge in [-0.15, -0.1) is 0 Å². The summed E-state index contributed by atoms with van der Waals surface area (Å²) >= 11 is 0. The number of benzene rings is 2. The highest BCUT2D eigenvalue weighted by atomic mass is 19.4. The maximum atomic E-state index is 13.1. The molecule has 0 amide bonds. The fourth-order valence-corrected chi connectivity index (χ4v) is 4.02. The van der Waals surface area contributed by atoms with Gasteiger partial charge in [0.25, 0.3) is 0 Å². The molecule has 1 atom stereocenters. The van der Waals surface area contributed by atoms with Crippen LogP contribution in [0.3, 0.4) is 0 Å². The van der Waals surface area contributed by atoms with Crippen LogP contribution in [0.2, 0.25) is 0 Å². The van der Waals surface area contributed by atoms with Crippen molar-refractivity contribution >= 4 is 5.97 Å². The standard InChI is InChI=1S/C24H26F6N2O3/c1-16-2-4-18(5-3-16)21(32-8-6-31(7-9-32)13-22(33)34)15-35-14-17-10-19(23(25,26)27)12-20(11-17)24(28,29)30/h2-5,10-12,21H,6-9,13-15H2,1H3,(H,33,34). The second-order valence-electron chi connectivity index (χ2n) is 8.56. The number of alkyl halides is 6. The highest BCUT2D eigenvalue weighted by Crippen LogP contribution is 2.36. The molecule has 11 heteroatoms. The van der Waals surface area contributed by atoms with Crippen LogP contribution in [-0.4, -0.2) is 60.2 Å². The number of halogens is 6. The number of nitrogens with zero attached hydrogens (tertiary/aromatic N) is 2. The Bertz CT molecular complexity index is 968. The largest absolute Gasteiger partial charge is 0.480 e. The Morgan fingerprint density at radius 2 is 1.49 bits per heavy atom. The Morgan fingerprint density at radius 3 is 1.97 bits per heavy atom. The third kappa shape index (κ3) is 7.68. The van der Waals surface area contributed by atoms with Gasteiger partial charge < -0.3 is 9.84 Å². The molecule has 3 rings (SSSR count). The number of aliphatic carboxylic acids is 1. The summed E-state index contributed by atoms with van der Waals surface area (Å²) in [7, 11) is 0. The van der Waals surface area contributed by atoms with E-state index in [9.17, 15) is 31.1 Å². The van der Waals surface area contributed by atoms with E-state index >= 15 is 0 Å². The molecule has 1 aliphatic heterocycles. The minimum Gasteiger partial charge on any atom is -0.480 e. The van der Waals surface area contributed by atoms with E-state index in [1.807, 2.05) is 31.2 Å². The van der Waals surface area contributed by atoms with Crippen LogP contribution in [0.15, 0.2) is 42.5 Å². The number of carboxylic acid groups (broad SMARTS) is 1. The number of piperazine rings is 1. The number of aryl methyl sites for hydroxylation is 1. The van der Waals surface area contributed by atoms with E-state index in [0.29, 0.717) is 38.3 Å². The van der Waals surface area contributed by atoms with E-state index in [4.69, 9.17) is 9.84 Å². The molecule has 0 spiro atoms. The zero-order valence-corrected chi connectivity index (χ0v) is 19.0. The van der Waals surface area contributed by atoms with E-state index in [0.717, 1.165) is 11.1 Å². The number of hydrogen-bond acceptors (Lipinski definition) is 4.